The summed E-state index contributed by atoms with van der Waals surface area (Å²) in [6.45, 7) is 11.4. The number of hydrogen-bond donors (Lipinski definition) is 1. The molecule has 1 N–H and O–H groups in total. The number of rotatable bonds is 8. The lowest BCUT2D eigenvalue weighted by Crippen LogP contribution is -2.32. The Hall–Kier alpha value is -2.22. The van der Waals surface area contributed by atoms with E-state index in [1.54, 1.807) is 0 Å². The van der Waals surface area contributed by atoms with Crippen LogP contribution in [-0.4, -0.2) is 28.0 Å². The van der Waals surface area contributed by atoms with E-state index in [0.29, 0.717) is 18.1 Å². The number of amides is 1. The molecule has 3 aromatic rings. The normalized spacial score (nSPS) is 13.1. The second-order valence-electron chi connectivity index (χ2n) is 8.62. The van der Waals surface area contributed by atoms with Crippen molar-refractivity contribution in [2.45, 2.75) is 54.6 Å². The van der Waals surface area contributed by atoms with Crippen molar-refractivity contribution in [2.75, 3.05) is 11.9 Å². The lowest BCUT2D eigenvalue weighted by molar-refractivity contribution is -0.105. The van der Waals surface area contributed by atoms with Crippen LogP contribution in [-0.2, 0) is 14.4 Å². The van der Waals surface area contributed by atoms with Crippen LogP contribution in [0.4, 0.5) is 5.13 Å². The van der Waals surface area contributed by atoms with E-state index < -0.39 is 10.3 Å². The van der Waals surface area contributed by atoms with Gasteiger partial charge < -0.3 is 9.50 Å². The highest BCUT2D eigenvalue weighted by Crippen LogP contribution is 2.71. The van der Waals surface area contributed by atoms with Crippen LogP contribution in [0.2, 0.25) is 0 Å². The minimum Gasteiger partial charge on any atom is -0.327 e. The third-order valence-corrected chi connectivity index (χ3v) is 10.1. The van der Waals surface area contributed by atoms with Gasteiger partial charge in [0.1, 0.15) is 5.01 Å². The summed E-state index contributed by atoms with van der Waals surface area (Å²) in [6.07, 6.45) is 0.618. The third kappa shape index (κ3) is 4.43. The van der Waals surface area contributed by atoms with Gasteiger partial charge in [-0.05, 0) is 45.0 Å². The maximum Gasteiger partial charge on any atom is 0.213 e. The lowest BCUT2D eigenvalue weighted by Gasteiger charge is -2.51. The van der Waals surface area contributed by atoms with Crippen molar-refractivity contribution in [3.8, 4) is 0 Å². The van der Waals surface area contributed by atoms with E-state index in [-0.39, 0.29) is 10.2 Å². The molecule has 0 saturated heterocycles. The highest BCUT2D eigenvalue weighted by Gasteiger charge is 2.43. The number of anilines is 1. The Labute approximate surface area is 184 Å². The van der Waals surface area contributed by atoms with Crippen LogP contribution < -0.4 is 5.32 Å². The molecule has 0 fully saturated rings. The van der Waals surface area contributed by atoms with Crippen molar-refractivity contribution in [2.24, 2.45) is 0 Å². The fourth-order valence-electron chi connectivity index (χ4n) is 3.28. The highest BCUT2D eigenvalue weighted by atomic mass is 32.3. The summed E-state index contributed by atoms with van der Waals surface area (Å²) < 4.78 is 6.85. The molecule has 0 saturated carbocycles. The largest absolute Gasteiger partial charge is 0.327 e. The Morgan fingerprint density at radius 1 is 0.933 bits per heavy atom. The molecule has 1 amide bonds. The van der Waals surface area contributed by atoms with Gasteiger partial charge in [0, 0.05) is 20.0 Å². The molecule has 0 aliphatic carbocycles. The zero-order chi connectivity index (χ0) is 21.8. The van der Waals surface area contributed by atoms with Gasteiger partial charge in [-0.25, -0.2) is 0 Å². The second-order valence-corrected chi connectivity index (χ2v) is 13.1. The molecule has 160 valence electrons. The molecular weight excluding hydrogens is 414 g/mol. The van der Waals surface area contributed by atoms with Crippen LogP contribution in [0.5, 0.6) is 0 Å². The molecule has 0 unspecified atom stereocenters. The summed E-state index contributed by atoms with van der Waals surface area (Å²) in [5.41, 5.74) is -0.368. The first-order chi connectivity index (χ1) is 14.2. The first-order valence-corrected chi connectivity index (χ1v) is 12.2. The monoisotopic (exact) mass is 443 g/mol. The van der Waals surface area contributed by atoms with Gasteiger partial charge in [-0.1, -0.05) is 71.9 Å². The van der Waals surface area contributed by atoms with E-state index in [4.69, 9.17) is 4.18 Å². The van der Waals surface area contributed by atoms with Crippen LogP contribution in [0.1, 0.15) is 39.6 Å². The van der Waals surface area contributed by atoms with Gasteiger partial charge >= 0.3 is 0 Å². The zero-order valence-electron chi connectivity index (χ0n) is 18.1. The van der Waals surface area contributed by atoms with Crippen LogP contribution in [0.3, 0.4) is 0 Å². The molecule has 1 aromatic heterocycles. The number of hydrogen-bond acceptors (Lipinski definition) is 5. The van der Waals surface area contributed by atoms with Crippen molar-refractivity contribution < 1.29 is 8.98 Å². The van der Waals surface area contributed by atoms with Gasteiger partial charge in [-0.3, -0.25) is 4.79 Å². The van der Waals surface area contributed by atoms with Crippen molar-refractivity contribution in [3.05, 3.63) is 65.7 Å². The zero-order valence-corrected chi connectivity index (χ0v) is 19.7. The minimum absolute atomic E-state index is 0.142. The van der Waals surface area contributed by atoms with E-state index in [1.807, 2.05) is 12.1 Å². The van der Waals surface area contributed by atoms with E-state index in [2.05, 4.69) is 98.7 Å². The number of nitrogens with one attached hydrogen (secondary N) is 1. The maximum absolute atomic E-state index is 10.7. The molecule has 5 nitrogen and oxygen atoms in total. The van der Waals surface area contributed by atoms with Gasteiger partial charge in [0.25, 0.3) is 0 Å². The molecule has 0 atom stereocenters. The van der Waals surface area contributed by atoms with Crippen molar-refractivity contribution in [3.63, 3.8) is 0 Å². The Morgan fingerprint density at radius 3 is 1.93 bits per heavy atom. The summed E-state index contributed by atoms with van der Waals surface area (Å²) >= 11 is 1.38. The average Bonchev–Trinajstić information content (AvgIpc) is 3.19. The van der Waals surface area contributed by atoms with E-state index in [9.17, 15) is 4.79 Å². The van der Waals surface area contributed by atoms with Crippen molar-refractivity contribution >= 4 is 33.2 Å². The van der Waals surface area contributed by atoms with E-state index in [0.717, 1.165) is 5.01 Å². The Balaban J connectivity index is 2.03. The number of carbonyl (C=O) groups is 1. The van der Waals surface area contributed by atoms with Gasteiger partial charge in [-0.2, -0.15) is 0 Å². The summed E-state index contributed by atoms with van der Waals surface area (Å²) in [6, 6.07) is 21.0. The standard InChI is InChI=1S/C23H29N3O2S2/c1-22(2,3)30(18-12-8-6-9-13-18,19-14-10-7-11-15-19)28-16-23(4,5)20-25-26-21(29-20)24-17-27/h6-15,17H,16H2,1-5H3,(H,24,26,27). The number of benzene rings is 2. The van der Waals surface area contributed by atoms with E-state index in [1.165, 1.54) is 21.1 Å². The first-order valence-electron chi connectivity index (χ1n) is 9.82. The smallest absolute Gasteiger partial charge is 0.213 e. The summed E-state index contributed by atoms with van der Waals surface area (Å²) in [7, 11) is -1.83. The maximum atomic E-state index is 10.7. The summed E-state index contributed by atoms with van der Waals surface area (Å²) in [5.74, 6) is 0. The quantitative estimate of drug-likeness (QED) is 0.431. The van der Waals surface area contributed by atoms with Gasteiger partial charge in [0.05, 0.1) is 6.61 Å². The fourth-order valence-corrected chi connectivity index (χ4v) is 7.94. The van der Waals surface area contributed by atoms with Crippen LogP contribution >= 0.6 is 21.6 Å². The molecular formula is C23H29N3O2S2. The molecule has 7 heteroatoms. The molecule has 0 aliphatic heterocycles. The molecule has 0 aliphatic rings. The Bertz CT molecular complexity index is 927. The van der Waals surface area contributed by atoms with Gasteiger partial charge in [-0.15, -0.1) is 10.2 Å². The van der Waals surface area contributed by atoms with Crippen LogP contribution in [0.15, 0.2) is 70.5 Å². The molecule has 1 heterocycles. The van der Waals surface area contributed by atoms with E-state index >= 15 is 0 Å². The van der Waals surface area contributed by atoms with Crippen LogP contribution in [0, 0.1) is 0 Å². The predicted molar refractivity (Wildman–Crippen MR) is 125 cm³/mol. The minimum atomic E-state index is -1.83. The van der Waals surface area contributed by atoms with Crippen molar-refractivity contribution in [1.29, 1.82) is 0 Å². The summed E-state index contributed by atoms with van der Waals surface area (Å²) in [5, 5.41) is 12.3. The number of carbonyl (C=O) groups excluding carboxylic acids is 1. The highest BCUT2D eigenvalue weighted by molar-refractivity contribution is 8.31. The summed E-state index contributed by atoms with van der Waals surface area (Å²) in [4.78, 5) is 13.1. The lowest BCUT2D eigenvalue weighted by atomic mass is 9.96. The third-order valence-electron chi connectivity index (χ3n) is 4.80. The Morgan fingerprint density at radius 2 is 1.47 bits per heavy atom. The number of nitrogens with zero attached hydrogens (tertiary/aromatic N) is 2. The molecule has 0 spiro atoms. The fraction of sp³-hybridized carbons (Fsp3) is 0.348. The van der Waals surface area contributed by atoms with Gasteiger partial charge in [0.2, 0.25) is 11.5 Å². The first kappa shape index (κ1) is 22.5. The SMILES string of the molecule is CC(C)(COS(c1ccccc1)(c1ccccc1)C(C)(C)C)c1nnc(NC=O)s1. The van der Waals surface area contributed by atoms with Gasteiger partial charge in [0.15, 0.2) is 0 Å². The predicted octanol–water partition coefficient (Wildman–Crippen LogP) is 6.04. The molecule has 0 radical (unpaired) electrons. The molecule has 30 heavy (non-hydrogen) atoms. The second kappa shape index (κ2) is 8.88. The molecule has 2 aromatic carbocycles. The number of aromatic nitrogens is 2. The molecule has 0 bridgehead atoms. The average molecular weight is 444 g/mol. The Kier molecular flexibility index (Phi) is 6.65. The molecule has 3 rings (SSSR count). The van der Waals surface area contributed by atoms with Crippen LogP contribution in [0.25, 0.3) is 0 Å². The van der Waals surface area contributed by atoms with Crippen molar-refractivity contribution in [1.82, 2.24) is 10.2 Å². The topological polar surface area (TPSA) is 64.1 Å².